The third-order valence-corrected chi connectivity index (χ3v) is 12.5. The number of carbonyl (C=O) groups excluding carboxylic acids is 2. The highest BCUT2D eigenvalue weighted by Crippen LogP contribution is 2.74. The Morgan fingerprint density at radius 3 is 2.26 bits per heavy atom. The number of carbonyl (C=O) groups is 2. The molecule has 35 heavy (non-hydrogen) atoms. The Hall–Kier alpha value is -1.04. The summed E-state index contributed by atoms with van der Waals surface area (Å²) in [5, 5.41) is 23.3. The maximum Gasteiger partial charge on any atom is 0.165 e. The Labute approximate surface area is 211 Å². The lowest BCUT2D eigenvalue weighted by Crippen LogP contribution is -2.71. The summed E-state index contributed by atoms with van der Waals surface area (Å²) in [4.78, 5) is 26.8. The predicted molar refractivity (Wildman–Crippen MR) is 135 cm³/mol. The summed E-state index contributed by atoms with van der Waals surface area (Å²) in [5.41, 5.74) is -1.78. The molecule has 0 unspecified atom stereocenters. The van der Waals surface area contributed by atoms with Crippen molar-refractivity contribution in [1.82, 2.24) is 0 Å². The van der Waals surface area contributed by atoms with Crippen molar-refractivity contribution in [2.75, 3.05) is 7.11 Å². The minimum Gasteiger partial charge on any atom is -0.392 e. The Balaban J connectivity index is 1.71. The molecule has 0 heterocycles. The van der Waals surface area contributed by atoms with E-state index in [2.05, 4.69) is 54.5 Å². The van der Waals surface area contributed by atoms with Crippen LogP contribution in [0.15, 0.2) is 11.6 Å². The molecule has 5 aliphatic carbocycles. The molecule has 0 aliphatic heterocycles. The van der Waals surface area contributed by atoms with Gasteiger partial charge in [0.25, 0.3) is 0 Å². The van der Waals surface area contributed by atoms with E-state index in [0.29, 0.717) is 12.8 Å². The number of ketones is 2. The van der Waals surface area contributed by atoms with Crippen molar-refractivity contribution in [2.24, 2.45) is 44.8 Å². The van der Waals surface area contributed by atoms with E-state index in [9.17, 15) is 19.8 Å². The number of aliphatic hydroxyl groups excluding tert-OH is 1. The molecule has 0 bridgehead atoms. The Morgan fingerprint density at radius 1 is 0.971 bits per heavy atom. The lowest BCUT2D eigenvalue weighted by atomic mass is 9.33. The first-order valence-corrected chi connectivity index (χ1v) is 13.7. The number of fused-ring (bicyclic) bond motifs is 7. The Bertz CT molecular complexity index is 995. The molecule has 0 saturated heterocycles. The van der Waals surface area contributed by atoms with E-state index in [1.165, 1.54) is 5.57 Å². The molecule has 9 atom stereocenters. The molecule has 5 aliphatic rings. The van der Waals surface area contributed by atoms with Crippen molar-refractivity contribution in [3.8, 4) is 0 Å². The zero-order valence-electron chi connectivity index (χ0n) is 23.0. The van der Waals surface area contributed by atoms with Crippen molar-refractivity contribution < 1.29 is 24.5 Å². The van der Waals surface area contributed by atoms with Crippen LogP contribution in [0.1, 0.15) is 93.4 Å². The van der Waals surface area contributed by atoms with Gasteiger partial charge in [0, 0.05) is 48.0 Å². The second kappa shape index (κ2) is 7.29. The van der Waals surface area contributed by atoms with Gasteiger partial charge in [-0.15, -0.1) is 0 Å². The first-order valence-electron chi connectivity index (χ1n) is 13.7. The molecule has 196 valence electrons. The van der Waals surface area contributed by atoms with E-state index in [0.717, 1.165) is 25.7 Å². The molecule has 0 spiro atoms. The quantitative estimate of drug-likeness (QED) is 0.516. The van der Waals surface area contributed by atoms with Crippen molar-refractivity contribution in [3.05, 3.63) is 11.6 Å². The summed E-state index contributed by atoms with van der Waals surface area (Å²) < 4.78 is 6.23. The number of hydrogen-bond donors (Lipinski definition) is 2. The summed E-state index contributed by atoms with van der Waals surface area (Å²) in [6.45, 7) is 15.3. The van der Waals surface area contributed by atoms with Crippen molar-refractivity contribution in [3.63, 3.8) is 0 Å². The maximum atomic E-state index is 13.8. The number of Topliss-reactive ketones (excluding diaryl/α,β-unsaturated/α-hetero) is 2. The van der Waals surface area contributed by atoms with Gasteiger partial charge in [-0.3, -0.25) is 9.59 Å². The molecule has 5 nitrogen and oxygen atoms in total. The second-order valence-corrected chi connectivity index (χ2v) is 14.8. The molecule has 5 rings (SSSR count). The fourth-order valence-electron chi connectivity index (χ4n) is 10.1. The van der Waals surface area contributed by atoms with Crippen LogP contribution < -0.4 is 0 Å². The zero-order valence-corrected chi connectivity index (χ0v) is 23.0. The molecule has 4 saturated carbocycles. The molecule has 5 heteroatoms. The van der Waals surface area contributed by atoms with E-state index in [1.54, 1.807) is 7.11 Å². The smallest absolute Gasteiger partial charge is 0.165 e. The van der Waals surface area contributed by atoms with Gasteiger partial charge in [0.05, 0.1) is 12.2 Å². The monoisotopic (exact) mass is 486 g/mol. The highest BCUT2D eigenvalue weighted by Gasteiger charge is 2.73. The molecule has 0 radical (unpaired) electrons. The first kappa shape index (κ1) is 25.6. The van der Waals surface area contributed by atoms with Gasteiger partial charge in [-0.1, -0.05) is 60.1 Å². The van der Waals surface area contributed by atoms with Crippen molar-refractivity contribution in [1.29, 1.82) is 0 Å². The minimum atomic E-state index is -1.29. The molecule has 0 amide bonds. The lowest BCUT2D eigenvalue weighted by Gasteiger charge is -2.71. The Kier molecular flexibility index (Phi) is 5.33. The molecule has 2 N–H and O–H groups in total. The second-order valence-electron chi connectivity index (χ2n) is 14.8. The van der Waals surface area contributed by atoms with E-state index >= 15 is 0 Å². The first-order chi connectivity index (χ1) is 16.0. The average molecular weight is 487 g/mol. The summed E-state index contributed by atoms with van der Waals surface area (Å²) in [7, 11) is 1.74. The number of hydrogen-bond acceptors (Lipinski definition) is 5. The molecular weight excluding hydrogens is 440 g/mol. The SMILES string of the molecule is CO[C@@H]1C=C2[C@@H]3CC(C)(C)CC[C@]3(O)C(=O)C[C@@]2(C)[C@]2(C)CC[C@H]3C(C)(C)C(=O)C[C@@H](O)[C@]3(C)[C@@H]12. The maximum absolute atomic E-state index is 13.8. The van der Waals surface area contributed by atoms with Crippen LogP contribution in [0.25, 0.3) is 0 Å². The molecule has 4 fully saturated rings. The zero-order chi connectivity index (χ0) is 26.0. The number of ether oxygens (including phenoxy) is 1. The van der Waals surface area contributed by atoms with E-state index in [4.69, 9.17) is 4.74 Å². The van der Waals surface area contributed by atoms with Gasteiger partial charge in [0.15, 0.2) is 5.78 Å². The van der Waals surface area contributed by atoms with Gasteiger partial charge in [0.2, 0.25) is 0 Å². The number of methoxy groups -OCH3 is 1. The van der Waals surface area contributed by atoms with Crippen LogP contribution in [0.5, 0.6) is 0 Å². The van der Waals surface area contributed by atoms with Crippen LogP contribution >= 0.6 is 0 Å². The van der Waals surface area contributed by atoms with Gasteiger partial charge in [0.1, 0.15) is 11.4 Å². The van der Waals surface area contributed by atoms with Crippen molar-refractivity contribution in [2.45, 2.75) is 111 Å². The minimum absolute atomic E-state index is 0.0135. The number of rotatable bonds is 1. The van der Waals surface area contributed by atoms with Gasteiger partial charge in [-0.2, -0.15) is 0 Å². The van der Waals surface area contributed by atoms with Gasteiger partial charge < -0.3 is 14.9 Å². The topological polar surface area (TPSA) is 83.8 Å². The molecule has 0 aromatic carbocycles. The number of aliphatic hydroxyl groups is 2. The third-order valence-electron chi connectivity index (χ3n) is 12.5. The summed E-state index contributed by atoms with van der Waals surface area (Å²) in [6, 6.07) is 0. The highest BCUT2D eigenvalue weighted by molar-refractivity contribution is 5.91. The van der Waals surface area contributed by atoms with Crippen molar-refractivity contribution >= 4 is 11.6 Å². The highest BCUT2D eigenvalue weighted by atomic mass is 16.5. The van der Waals surface area contributed by atoms with Crippen LogP contribution in [0, 0.1) is 44.8 Å². The van der Waals surface area contributed by atoms with E-state index < -0.39 is 27.9 Å². The van der Waals surface area contributed by atoms with Gasteiger partial charge in [-0.05, 0) is 48.9 Å². The standard InChI is InChI=1S/C30H46O5/c1-25(2)11-12-30(34)18(15-25)17-13-19(35-8)24-27(5,28(17,6)16-23(30)33)10-9-20-26(3,4)21(31)14-22(32)29(20,24)7/h13,18-20,22,24,32,34H,9-12,14-16H2,1-8H3/t18-,19+,20-,22+,24-,27+,28+,29+,30+/m0/s1. The van der Waals surface area contributed by atoms with E-state index in [1.807, 2.05) is 0 Å². The van der Waals surface area contributed by atoms with Crippen LogP contribution in [-0.2, 0) is 14.3 Å². The van der Waals surface area contributed by atoms with Crippen LogP contribution in [-0.4, -0.2) is 46.7 Å². The lowest BCUT2D eigenvalue weighted by molar-refractivity contribution is -0.239. The van der Waals surface area contributed by atoms with E-state index in [-0.39, 0.29) is 52.7 Å². The van der Waals surface area contributed by atoms with Crippen LogP contribution in [0.3, 0.4) is 0 Å². The summed E-state index contributed by atoms with van der Waals surface area (Å²) >= 11 is 0. The Morgan fingerprint density at radius 2 is 1.63 bits per heavy atom. The summed E-state index contributed by atoms with van der Waals surface area (Å²) in [6.07, 6.45) is 5.63. The van der Waals surface area contributed by atoms with Gasteiger partial charge >= 0.3 is 0 Å². The third kappa shape index (κ3) is 2.98. The van der Waals surface area contributed by atoms with Crippen LogP contribution in [0.4, 0.5) is 0 Å². The fraction of sp³-hybridized carbons (Fsp3) is 0.867. The average Bonchev–Trinajstić information content (AvgIpc) is 2.75. The molecule has 0 aromatic heterocycles. The largest absolute Gasteiger partial charge is 0.392 e. The fourth-order valence-corrected chi connectivity index (χ4v) is 10.1. The normalized spacial score (nSPS) is 52.5. The van der Waals surface area contributed by atoms with Gasteiger partial charge in [-0.25, -0.2) is 0 Å². The summed E-state index contributed by atoms with van der Waals surface area (Å²) in [5.74, 6) is -0.0605. The molecular formula is C30H46O5. The van der Waals surface area contributed by atoms with Crippen LogP contribution in [0.2, 0.25) is 0 Å². The predicted octanol–water partition coefficient (Wildman–Crippen LogP) is 4.88. The molecule has 0 aromatic rings.